The first kappa shape index (κ1) is 29.1. The van der Waals surface area contributed by atoms with E-state index in [1.165, 1.54) is 31.4 Å². The van der Waals surface area contributed by atoms with Crippen LogP contribution in [0.15, 0.2) is 184 Å². The van der Waals surface area contributed by atoms with Gasteiger partial charge in [-0.1, -0.05) is 136 Å². The van der Waals surface area contributed by atoms with Gasteiger partial charge in [-0.25, -0.2) is 4.99 Å². The van der Waals surface area contributed by atoms with Gasteiger partial charge in [0.15, 0.2) is 0 Å². The van der Waals surface area contributed by atoms with Crippen LogP contribution in [-0.4, -0.2) is 9.34 Å². The molecule has 0 saturated heterocycles. The summed E-state index contributed by atoms with van der Waals surface area (Å²) in [4.78, 5) is 5.40. The summed E-state index contributed by atoms with van der Waals surface area (Å²) in [7, 11) is 0. The van der Waals surface area contributed by atoms with Crippen molar-refractivity contribution in [3.05, 3.63) is 187 Å². The molecule has 0 N–H and O–H groups in total. The first-order chi connectivity index (χ1) is 24.7. The van der Waals surface area contributed by atoms with Crippen molar-refractivity contribution in [1.82, 2.24) is 0 Å². The van der Waals surface area contributed by atoms with Crippen LogP contribution in [0.5, 0.6) is 0 Å². The number of rotatable bonds is 5. The van der Waals surface area contributed by atoms with Gasteiger partial charge in [0.05, 0.1) is 5.71 Å². The molecular weight excluding hydrogens is 725 g/mol. The Labute approximate surface area is 298 Å². The van der Waals surface area contributed by atoms with Crippen LogP contribution in [0.25, 0.3) is 69.7 Å². The van der Waals surface area contributed by atoms with Crippen LogP contribution in [0.2, 0.25) is 0 Å². The average molecular weight is 754 g/mol. The normalized spacial score (nSPS) is 13.3. The van der Waals surface area contributed by atoms with Crippen molar-refractivity contribution in [1.29, 1.82) is 0 Å². The highest BCUT2D eigenvalue weighted by molar-refractivity contribution is 14.2. The summed E-state index contributed by atoms with van der Waals surface area (Å²) >= 11 is -0.627. The van der Waals surface area contributed by atoms with Gasteiger partial charge >= 0.3 is 0 Å². The van der Waals surface area contributed by atoms with Crippen LogP contribution in [-0.2, 0) is 0 Å². The number of hydrogen-bond donors (Lipinski definition) is 0. The van der Waals surface area contributed by atoms with Crippen molar-refractivity contribution >= 4 is 77.5 Å². The minimum absolute atomic E-state index is 0.627. The van der Waals surface area contributed by atoms with Crippen LogP contribution in [0.3, 0.4) is 0 Å². The van der Waals surface area contributed by atoms with Crippen molar-refractivity contribution in [3.8, 4) is 22.3 Å². The van der Waals surface area contributed by atoms with E-state index < -0.39 is 20.7 Å². The highest BCUT2D eigenvalue weighted by Crippen LogP contribution is 2.39. The molecule has 7 aromatic carbocycles. The van der Waals surface area contributed by atoms with Crippen LogP contribution < -0.4 is 0 Å². The minimum Gasteiger partial charge on any atom is -0.456 e. The zero-order valence-corrected chi connectivity index (χ0v) is 29.0. The molecule has 236 valence electrons. The molecule has 0 amide bonds. The molecule has 10 rings (SSSR count). The van der Waals surface area contributed by atoms with Gasteiger partial charge in [0.1, 0.15) is 26.0 Å². The van der Waals surface area contributed by atoms with Crippen molar-refractivity contribution in [2.75, 3.05) is 0 Å². The summed E-state index contributed by atoms with van der Waals surface area (Å²) in [6.45, 7) is 0. The maximum absolute atomic E-state index is 6.33. The standard InChI is InChI=1S/C46H28INO2/c1-2-10-29(11-3-1)30-12-8-13-31(24-30)32-14-9-15-35(25-32)46-47-40(33-20-22-38-36-16-4-6-18-42(36)49-44(38)26-33)28-41(48-46)34-21-23-39-37-17-5-7-19-43(37)50-45(39)27-34/h1-28H. The van der Waals surface area contributed by atoms with E-state index in [2.05, 4.69) is 146 Å². The number of hydrogen-bond acceptors (Lipinski definition) is 3. The van der Waals surface area contributed by atoms with E-state index >= 15 is 0 Å². The zero-order chi connectivity index (χ0) is 33.0. The van der Waals surface area contributed by atoms with Gasteiger partial charge in [-0.2, -0.15) is 0 Å². The van der Waals surface area contributed by atoms with Crippen molar-refractivity contribution in [2.45, 2.75) is 0 Å². The first-order valence-corrected chi connectivity index (χ1v) is 18.8. The second-order valence-electron chi connectivity index (χ2n) is 12.5. The molecule has 0 atom stereocenters. The van der Waals surface area contributed by atoms with Gasteiger partial charge in [0.2, 0.25) is 0 Å². The zero-order valence-electron chi connectivity index (χ0n) is 26.8. The summed E-state index contributed by atoms with van der Waals surface area (Å²) in [5, 5.41) is 4.52. The molecule has 2 aromatic heterocycles. The number of furan rings is 2. The van der Waals surface area contributed by atoms with Crippen LogP contribution in [0, 0.1) is 0 Å². The number of allylic oxidation sites excluding steroid dienone is 1. The van der Waals surface area contributed by atoms with Gasteiger partial charge in [-0.05, 0) is 82.4 Å². The summed E-state index contributed by atoms with van der Waals surface area (Å²) in [5.74, 6) is 0. The second-order valence-corrected chi connectivity index (χ2v) is 15.2. The molecule has 0 saturated carbocycles. The third-order valence-corrected chi connectivity index (χ3v) is 12.3. The maximum atomic E-state index is 6.33. The summed E-state index contributed by atoms with van der Waals surface area (Å²) in [6, 6.07) is 57.8. The number of aliphatic imine (C=N–C) groups is 1. The Morgan fingerprint density at radius 1 is 0.360 bits per heavy atom. The summed E-state index contributed by atoms with van der Waals surface area (Å²) < 4.78 is 15.1. The molecule has 0 aliphatic carbocycles. The fourth-order valence-corrected chi connectivity index (χ4v) is 9.58. The van der Waals surface area contributed by atoms with E-state index in [1.807, 2.05) is 24.3 Å². The van der Waals surface area contributed by atoms with Gasteiger partial charge in [0.25, 0.3) is 0 Å². The molecule has 50 heavy (non-hydrogen) atoms. The van der Waals surface area contributed by atoms with E-state index in [0.717, 1.165) is 64.3 Å². The minimum atomic E-state index is -0.627. The Hall–Kier alpha value is -5.85. The number of para-hydroxylation sites is 2. The molecular formula is C46H28INO2. The quantitative estimate of drug-likeness (QED) is 0.164. The van der Waals surface area contributed by atoms with E-state index in [0.29, 0.717) is 0 Å². The molecule has 1 aliphatic rings. The topological polar surface area (TPSA) is 38.6 Å². The predicted molar refractivity (Wildman–Crippen MR) is 217 cm³/mol. The number of halogens is 1. The lowest BCUT2D eigenvalue weighted by Crippen LogP contribution is -2.07. The van der Waals surface area contributed by atoms with Gasteiger partial charge in [-0.3, -0.25) is 0 Å². The lowest BCUT2D eigenvalue weighted by atomic mass is 9.98. The fourth-order valence-electron chi connectivity index (χ4n) is 6.90. The van der Waals surface area contributed by atoms with E-state index in [4.69, 9.17) is 13.8 Å². The van der Waals surface area contributed by atoms with E-state index in [9.17, 15) is 0 Å². The van der Waals surface area contributed by atoms with Gasteiger partial charge in [-0.15, -0.1) is 0 Å². The summed E-state index contributed by atoms with van der Waals surface area (Å²) in [5.41, 5.74) is 12.7. The van der Waals surface area contributed by atoms with Crippen LogP contribution in [0.4, 0.5) is 0 Å². The SMILES string of the molecule is C1=C(c2ccc3c(c2)oc2ccccc23)I=C(c2cccc(-c3cccc(-c4ccccc4)c3)c2)N=C1c1ccc2c(c1)oc1ccccc12. The molecule has 0 unspecified atom stereocenters. The van der Waals surface area contributed by atoms with Crippen LogP contribution in [0.1, 0.15) is 16.7 Å². The molecule has 9 aromatic rings. The van der Waals surface area contributed by atoms with Gasteiger partial charge in [0, 0.05) is 36.3 Å². The van der Waals surface area contributed by atoms with E-state index in [1.54, 1.807) is 0 Å². The largest absolute Gasteiger partial charge is 0.456 e. The molecule has 3 heterocycles. The molecule has 0 fully saturated rings. The summed E-state index contributed by atoms with van der Waals surface area (Å²) in [6.07, 6.45) is 2.28. The highest BCUT2D eigenvalue weighted by atomic mass is 127. The lowest BCUT2D eigenvalue weighted by Gasteiger charge is -2.15. The predicted octanol–water partition coefficient (Wildman–Crippen LogP) is 12.8. The number of benzene rings is 7. The average Bonchev–Trinajstić information content (AvgIpc) is 3.76. The number of nitrogens with zero attached hydrogens (tertiary/aromatic N) is 1. The van der Waals surface area contributed by atoms with Crippen LogP contribution >= 0.6 is 20.7 Å². The molecule has 4 heteroatoms. The fraction of sp³-hybridized carbons (Fsp3) is 0. The molecule has 0 spiro atoms. The third-order valence-electron chi connectivity index (χ3n) is 9.41. The highest BCUT2D eigenvalue weighted by Gasteiger charge is 2.18. The van der Waals surface area contributed by atoms with Crippen molar-refractivity contribution in [3.63, 3.8) is 0 Å². The molecule has 0 radical (unpaired) electrons. The Morgan fingerprint density at radius 3 is 1.54 bits per heavy atom. The Kier molecular flexibility index (Phi) is 6.95. The smallest absolute Gasteiger partial charge is 0.136 e. The Balaban J connectivity index is 1.11. The second kappa shape index (κ2) is 11.9. The third kappa shape index (κ3) is 5.11. The molecule has 1 aliphatic heterocycles. The first-order valence-electron chi connectivity index (χ1n) is 16.7. The monoisotopic (exact) mass is 753 g/mol. The lowest BCUT2D eigenvalue weighted by molar-refractivity contribution is 0.668. The van der Waals surface area contributed by atoms with Crippen molar-refractivity contribution in [2.24, 2.45) is 4.99 Å². The van der Waals surface area contributed by atoms with Gasteiger partial charge < -0.3 is 8.83 Å². The number of fused-ring (bicyclic) bond motifs is 6. The molecule has 0 bridgehead atoms. The Morgan fingerprint density at radius 2 is 0.860 bits per heavy atom. The Bertz CT molecular complexity index is 2760. The maximum Gasteiger partial charge on any atom is 0.136 e. The van der Waals surface area contributed by atoms with E-state index in [-0.39, 0.29) is 0 Å². The molecule has 3 nitrogen and oxygen atoms in total. The van der Waals surface area contributed by atoms with Crippen molar-refractivity contribution < 1.29 is 8.83 Å².